The van der Waals surface area contributed by atoms with E-state index >= 15 is 0 Å². The van der Waals surface area contributed by atoms with Crippen LogP contribution in [0.5, 0.6) is 0 Å². The molecule has 2 aliphatic carbocycles. The van der Waals surface area contributed by atoms with Crippen LogP contribution in [0.2, 0.25) is 0 Å². The van der Waals surface area contributed by atoms with Crippen molar-refractivity contribution in [1.82, 2.24) is 0 Å². The molecule has 0 amide bonds. The highest BCUT2D eigenvalue weighted by atomic mass is 19.4. The van der Waals surface area contributed by atoms with Crippen LogP contribution in [0.3, 0.4) is 0 Å². The second-order valence-corrected chi connectivity index (χ2v) is 6.77. The van der Waals surface area contributed by atoms with E-state index in [1.54, 1.807) is 0 Å². The molecule has 0 saturated carbocycles. The lowest BCUT2D eigenvalue weighted by Crippen LogP contribution is -2.54. The van der Waals surface area contributed by atoms with Gasteiger partial charge in [0, 0.05) is 11.8 Å². The van der Waals surface area contributed by atoms with E-state index in [2.05, 4.69) is 0 Å². The molecular formula is C17H18F6O2. The van der Waals surface area contributed by atoms with E-state index < -0.39 is 65.2 Å². The standard InChI is InChI=1S/C17H18F6O2/c1-9-3-5-11(7-13(9)24)15(16(18,19)20,17(21,22)23)12-6-4-10(2)14(25)8-12/h7-10H,3-6H2,1-2H3. The molecule has 2 atom stereocenters. The van der Waals surface area contributed by atoms with E-state index in [0.29, 0.717) is 12.2 Å². The number of halogens is 6. The lowest BCUT2D eigenvalue weighted by atomic mass is 9.64. The van der Waals surface area contributed by atoms with E-state index in [0.717, 1.165) is 0 Å². The SMILES string of the molecule is CC1CCC(C(C2=CC(=O)C(C)CC2)(C(F)(F)F)C(F)(F)F)=CC1=O. The molecule has 2 aliphatic rings. The molecule has 0 saturated heterocycles. The minimum Gasteiger partial charge on any atom is -0.295 e. The van der Waals surface area contributed by atoms with Crippen molar-refractivity contribution in [2.75, 3.05) is 0 Å². The Kier molecular flexibility index (Phi) is 4.96. The average Bonchev–Trinajstić information content (AvgIpc) is 2.44. The van der Waals surface area contributed by atoms with Crippen molar-refractivity contribution in [3.63, 3.8) is 0 Å². The van der Waals surface area contributed by atoms with Crippen LogP contribution in [-0.2, 0) is 9.59 Å². The fourth-order valence-electron chi connectivity index (χ4n) is 3.49. The largest absolute Gasteiger partial charge is 0.410 e. The Morgan fingerprint density at radius 1 is 0.760 bits per heavy atom. The van der Waals surface area contributed by atoms with Crippen molar-refractivity contribution >= 4 is 11.6 Å². The smallest absolute Gasteiger partial charge is 0.295 e. The molecule has 0 aromatic rings. The molecule has 8 heteroatoms. The second kappa shape index (κ2) is 6.29. The highest BCUT2D eigenvalue weighted by molar-refractivity contribution is 5.95. The molecule has 0 fully saturated rings. The first-order chi connectivity index (χ1) is 11.3. The molecule has 0 aromatic carbocycles. The van der Waals surface area contributed by atoms with Gasteiger partial charge < -0.3 is 0 Å². The van der Waals surface area contributed by atoms with E-state index in [9.17, 15) is 35.9 Å². The molecule has 0 aliphatic heterocycles. The van der Waals surface area contributed by atoms with Crippen molar-refractivity contribution in [3.05, 3.63) is 23.3 Å². The first kappa shape index (κ1) is 19.7. The van der Waals surface area contributed by atoms with Crippen LogP contribution < -0.4 is 0 Å². The normalized spacial score (nSPS) is 26.4. The maximum Gasteiger partial charge on any atom is 0.410 e. The van der Waals surface area contributed by atoms with Crippen LogP contribution in [0.1, 0.15) is 39.5 Å². The summed E-state index contributed by atoms with van der Waals surface area (Å²) in [6, 6.07) is 0. The lowest BCUT2D eigenvalue weighted by Gasteiger charge is -2.43. The van der Waals surface area contributed by atoms with Gasteiger partial charge in [0.05, 0.1) is 0 Å². The highest BCUT2D eigenvalue weighted by Crippen LogP contribution is 2.62. The van der Waals surface area contributed by atoms with Gasteiger partial charge in [0.1, 0.15) is 0 Å². The number of carbonyl (C=O) groups is 2. The molecule has 0 aromatic heterocycles. The summed E-state index contributed by atoms with van der Waals surface area (Å²) in [5, 5.41) is 0. The second-order valence-electron chi connectivity index (χ2n) is 6.77. The van der Waals surface area contributed by atoms with Gasteiger partial charge in [-0.05, 0) is 49.0 Å². The number of carbonyl (C=O) groups excluding carboxylic acids is 2. The van der Waals surface area contributed by atoms with Gasteiger partial charge in [-0.1, -0.05) is 13.8 Å². The lowest BCUT2D eigenvalue weighted by molar-refractivity contribution is -0.312. The summed E-state index contributed by atoms with van der Waals surface area (Å²) in [5.41, 5.74) is -6.29. The third-order valence-electron chi connectivity index (χ3n) is 5.11. The van der Waals surface area contributed by atoms with E-state index in [4.69, 9.17) is 0 Å². The van der Waals surface area contributed by atoms with Crippen molar-refractivity contribution in [3.8, 4) is 0 Å². The molecule has 0 radical (unpaired) electrons. The van der Waals surface area contributed by atoms with Crippen molar-refractivity contribution in [2.45, 2.75) is 51.9 Å². The molecule has 0 N–H and O–H groups in total. The number of hydrogen-bond acceptors (Lipinski definition) is 2. The Balaban J connectivity index is 2.76. The molecular weight excluding hydrogens is 350 g/mol. The number of hydrogen-bond donors (Lipinski definition) is 0. The maximum atomic E-state index is 13.9. The summed E-state index contributed by atoms with van der Waals surface area (Å²) in [6.07, 6.45) is -11.6. The van der Waals surface area contributed by atoms with Crippen LogP contribution in [-0.4, -0.2) is 23.9 Å². The van der Waals surface area contributed by atoms with Crippen LogP contribution in [0, 0.1) is 17.3 Å². The molecule has 0 heterocycles. The molecule has 0 bridgehead atoms. The van der Waals surface area contributed by atoms with Crippen LogP contribution in [0.25, 0.3) is 0 Å². The quantitative estimate of drug-likeness (QED) is 0.647. The predicted octanol–water partition coefficient (Wildman–Crippen LogP) is 4.95. The summed E-state index contributed by atoms with van der Waals surface area (Å²) >= 11 is 0. The highest BCUT2D eigenvalue weighted by Gasteiger charge is 2.74. The fourth-order valence-corrected chi connectivity index (χ4v) is 3.49. The minimum atomic E-state index is -5.70. The molecule has 140 valence electrons. The van der Waals surface area contributed by atoms with Gasteiger partial charge in [-0.15, -0.1) is 0 Å². The topological polar surface area (TPSA) is 34.1 Å². The van der Waals surface area contributed by atoms with Crippen molar-refractivity contribution < 1.29 is 35.9 Å². The van der Waals surface area contributed by atoms with Crippen LogP contribution >= 0.6 is 0 Å². The van der Waals surface area contributed by atoms with Crippen molar-refractivity contribution in [1.29, 1.82) is 0 Å². The third kappa shape index (κ3) is 3.15. The zero-order valence-corrected chi connectivity index (χ0v) is 13.7. The van der Waals surface area contributed by atoms with E-state index in [1.807, 2.05) is 0 Å². The molecule has 0 spiro atoms. The van der Waals surface area contributed by atoms with Crippen LogP contribution in [0.4, 0.5) is 26.3 Å². The Bertz CT molecular complexity index is 583. The van der Waals surface area contributed by atoms with E-state index in [1.165, 1.54) is 13.8 Å². The third-order valence-corrected chi connectivity index (χ3v) is 5.11. The zero-order valence-electron chi connectivity index (χ0n) is 13.7. The Hall–Kier alpha value is -1.60. The predicted molar refractivity (Wildman–Crippen MR) is 77.5 cm³/mol. The first-order valence-electron chi connectivity index (χ1n) is 7.95. The van der Waals surface area contributed by atoms with Gasteiger partial charge in [-0.2, -0.15) is 26.3 Å². The van der Waals surface area contributed by atoms with Gasteiger partial charge in [0.2, 0.25) is 5.41 Å². The average molecular weight is 368 g/mol. The molecule has 2 unspecified atom stereocenters. The van der Waals surface area contributed by atoms with Crippen molar-refractivity contribution in [2.24, 2.45) is 17.3 Å². The van der Waals surface area contributed by atoms with Gasteiger partial charge in [-0.25, -0.2) is 0 Å². The molecule has 25 heavy (non-hydrogen) atoms. The van der Waals surface area contributed by atoms with Gasteiger partial charge in [0.15, 0.2) is 11.6 Å². The number of rotatable bonds is 2. The van der Waals surface area contributed by atoms with Gasteiger partial charge in [0.25, 0.3) is 0 Å². The zero-order chi connectivity index (χ0) is 19.2. The summed E-state index contributed by atoms with van der Waals surface area (Å²) in [4.78, 5) is 23.6. The number of alkyl halides is 6. The molecule has 2 rings (SSSR count). The Morgan fingerprint density at radius 3 is 1.32 bits per heavy atom. The summed E-state index contributed by atoms with van der Waals surface area (Å²) < 4.78 is 83.2. The Labute approximate surface area is 141 Å². The monoisotopic (exact) mass is 368 g/mol. The minimum absolute atomic E-state index is 0.0871. The Morgan fingerprint density at radius 2 is 1.08 bits per heavy atom. The number of ketones is 2. The summed E-state index contributed by atoms with van der Waals surface area (Å²) in [5.74, 6) is -2.75. The first-order valence-corrected chi connectivity index (χ1v) is 7.95. The van der Waals surface area contributed by atoms with Gasteiger partial charge >= 0.3 is 12.4 Å². The van der Waals surface area contributed by atoms with Gasteiger partial charge in [-0.3, -0.25) is 9.59 Å². The summed E-state index contributed by atoms with van der Waals surface area (Å²) in [7, 11) is 0. The van der Waals surface area contributed by atoms with E-state index in [-0.39, 0.29) is 12.8 Å². The molecule has 2 nitrogen and oxygen atoms in total. The maximum absolute atomic E-state index is 13.9. The number of allylic oxidation sites excluding steroid dienone is 4. The van der Waals surface area contributed by atoms with Crippen LogP contribution in [0.15, 0.2) is 23.3 Å². The summed E-state index contributed by atoms with van der Waals surface area (Å²) in [6.45, 7) is 2.92. The fraction of sp³-hybridized carbons (Fsp3) is 0.647.